The number of rotatable bonds is 2. The van der Waals surface area contributed by atoms with E-state index in [1.807, 2.05) is 36.4 Å². The third kappa shape index (κ3) is 1.20. The zero-order valence-corrected chi connectivity index (χ0v) is 8.46. The summed E-state index contributed by atoms with van der Waals surface area (Å²) >= 11 is 0. The highest BCUT2D eigenvalue weighted by atomic mass is 15.2. The van der Waals surface area contributed by atoms with Crippen LogP contribution in [0, 0.1) is 6.07 Å². The van der Waals surface area contributed by atoms with Crippen LogP contribution >= 0.6 is 0 Å². The summed E-state index contributed by atoms with van der Waals surface area (Å²) in [5.41, 5.74) is 1.27. The van der Waals surface area contributed by atoms with Crippen LogP contribution in [0.5, 0.6) is 0 Å². The molecule has 16 heavy (non-hydrogen) atoms. The molecule has 0 spiro atoms. The number of nitrogens with one attached hydrogen (secondary N) is 1. The molecule has 1 aliphatic rings. The number of nitrogens with zero attached hydrogens (tertiary/aromatic N) is 3. The van der Waals surface area contributed by atoms with Gasteiger partial charge in [0.15, 0.2) is 5.54 Å². The van der Waals surface area contributed by atoms with Gasteiger partial charge in [0.25, 0.3) is 0 Å². The first-order chi connectivity index (χ1) is 7.92. The number of hydrogen-bond acceptors (Lipinski definition) is 3. The van der Waals surface area contributed by atoms with Gasteiger partial charge in [-0.3, -0.25) is 5.10 Å². The van der Waals surface area contributed by atoms with Crippen molar-refractivity contribution in [3.8, 4) is 0 Å². The lowest BCUT2D eigenvalue weighted by Crippen LogP contribution is -2.21. The van der Waals surface area contributed by atoms with Crippen molar-refractivity contribution in [3.63, 3.8) is 0 Å². The van der Waals surface area contributed by atoms with Crippen LogP contribution < -0.4 is 0 Å². The van der Waals surface area contributed by atoms with Crippen LogP contribution in [0.25, 0.3) is 0 Å². The van der Waals surface area contributed by atoms with Crippen LogP contribution in [0.15, 0.2) is 59.0 Å². The Morgan fingerprint density at radius 3 is 2.94 bits per heavy atom. The summed E-state index contributed by atoms with van der Waals surface area (Å²) in [7, 11) is 0. The highest BCUT2D eigenvalue weighted by molar-refractivity contribution is 5.40. The first-order valence-corrected chi connectivity index (χ1v) is 4.98. The summed E-state index contributed by atoms with van der Waals surface area (Å²) in [6.45, 7) is 0. The highest BCUT2D eigenvalue weighted by Gasteiger charge is 2.35. The van der Waals surface area contributed by atoms with E-state index in [-0.39, 0.29) is 0 Å². The SMILES string of the molecule is [c]1cccc(C2(c3cc[nH]n3)C=CN=N2)c1. The Kier molecular flexibility index (Phi) is 1.93. The average Bonchev–Trinajstić information content (AvgIpc) is 3.02. The number of H-pyrrole nitrogens is 1. The van der Waals surface area contributed by atoms with E-state index in [1.54, 1.807) is 12.4 Å². The smallest absolute Gasteiger partial charge is 0.170 e. The van der Waals surface area contributed by atoms with E-state index in [0.29, 0.717) is 0 Å². The summed E-state index contributed by atoms with van der Waals surface area (Å²) in [6, 6.07) is 12.7. The van der Waals surface area contributed by atoms with E-state index in [1.165, 1.54) is 0 Å². The van der Waals surface area contributed by atoms with Gasteiger partial charge >= 0.3 is 0 Å². The number of benzene rings is 1. The van der Waals surface area contributed by atoms with E-state index in [4.69, 9.17) is 0 Å². The fraction of sp³-hybridized carbons (Fsp3) is 0.0833. The fourth-order valence-corrected chi connectivity index (χ4v) is 1.84. The van der Waals surface area contributed by atoms with Crippen molar-refractivity contribution in [2.45, 2.75) is 5.54 Å². The molecule has 2 aromatic rings. The molecule has 1 N–H and O–H groups in total. The molecule has 0 fully saturated rings. The molecule has 0 saturated carbocycles. The quantitative estimate of drug-likeness (QED) is 0.811. The Morgan fingerprint density at radius 2 is 2.31 bits per heavy atom. The van der Waals surface area contributed by atoms with Crippen molar-refractivity contribution in [1.82, 2.24) is 10.2 Å². The monoisotopic (exact) mass is 209 g/mol. The van der Waals surface area contributed by atoms with Gasteiger partial charge in [-0.05, 0) is 29.8 Å². The van der Waals surface area contributed by atoms with Crippen molar-refractivity contribution < 1.29 is 0 Å². The molecule has 77 valence electrons. The summed E-state index contributed by atoms with van der Waals surface area (Å²) in [5, 5.41) is 15.2. The number of aromatic amines is 1. The third-order valence-electron chi connectivity index (χ3n) is 2.64. The van der Waals surface area contributed by atoms with Crippen molar-refractivity contribution >= 4 is 0 Å². The van der Waals surface area contributed by atoms with Crippen LogP contribution in [0.3, 0.4) is 0 Å². The molecule has 0 saturated heterocycles. The number of aromatic nitrogens is 2. The first-order valence-electron chi connectivity index (χ1n) is 4.98. The Morgan fingerprint density at radius 1 is 1.31 bits per heavy atom. The van der Waals surface area contributed by atoms with E-state index < -0.39 is 5.54 Å². The van der Waals surface area contributed by atoms with Crippen molar-refractivity contribution in [2.24, 2.45) is 10.2 Å². The predicted octanol–water partition coefficient (Wildman–Crippen LogP) is 2.43. The fourth-order valence-electron chi connectivity index (χ4n) is 1.84. The minimum Gasteiger partial charge on any atom is -0.285 e. The van der Waals surface area contributed by atoms with Gasteiger partial charge in [-0.1, -0.05) is 18.2 Å². The van der Waals surface area contributed by atoms with Gasteiger partial charge in [0.1, 0.15) is 5.69 Å². The molecule has 4 nitrogen and oxygen atoms in total. The predicted molar refractivity (Wildman–Crippen MR) is 58.6 cm³/mol. The standard InChI is InChI=1S/C12H9N4/c1-2-4-10(5-3-1)12(7-9-14-16-12)11-6-8-13-15-11/h1-2,4-9H,(H,13,15). The molecular formula is C12H9N4. The van der Waals surface area contributed by atoms with Crippen LogP contribution in [0.4, 0.5) is 0 Å². The highest BCUT2D eigenvalue weighted by Crippen LogP contribution is 2.36. The second kappa shape index (κ2) is 3.41. The van der Waals surface area contributed by atoms with Gasteiger partial charge in [-0.25, -0.2) is 0 Å². The summed E-state index contributed by atoms with van der Waals surface area (Å²) < 4.78 is 0. The molecule has 1 aliphatic heterocycles. The maximum absolute atomic E-state index is 4.29. The van der Waals surface area contributed by atoms with Gasteiger partial charge in [0.05, 0.1) is 0 Å². The lowest BCUT2D eigenvalue weighted by Gasteiger charge is -2.20. The lowest BCUT2D eigenvalue weighted by atomic mass is 9.88. The van der Waals surface area contributed by atoms with Crippen molar-refractivity contribution in [2.75, 3.05) is 0 Å². The molecule has 1 aromatic heterocycles. The minimum atomic E-state index is -0.586. The van der Waals surface area contributed by atoms with Crippen LogP contribution in [0.2, 0.25) is 0 Å². The molecule has 0 bridgehead atoms. The maximum atomic E-state index is 4.29. The van der Waals surface area contributed by atoms with E-state index in [2.05, 4.69) is 26.5 Å². The van der Waals surface area contributed by atoms with E-state index >= 15 is 0 Å². The first kappa shape index (κ1) is 9.03. The van der Waals surface area contributed by atoms with Gasteiger partial charge in [-0.2, -0.15) is 15.3 Å². The normalized spacial score (nSPS) is 22.8. The molecular weight excluding hydrogens is 200 g/mol. The maximum Gasteiger partial charge on any atom is 0.170 e. The summed E-state index contributed by atoms with van der Waals surface area (Å²) in [4.78, 5) is 0. The largest absolute Gasteiger partial charge is 0.285 e. The van der Waals surface area contributed by atoms with E-state index in [0.717, 1.165) is 11.3 Å². The lowest BCUT2D eigenvalue weighted by molar-refractivity contribution is 0.642. The molecule has 2 heterocycles. The van der Waals surface area contributed by atoms with Gasteiger partial charge in [0, 0.05) is 12.4 Å². The van der Waals surface area contributed by atoms with Crippen LogP contribution in [-0.2, 0) is 5.54 Å². The van der Waals surface area contributed by atoms with Crippen LogP contribution in [-0.4, -0.2) is 10.2 Å². The third-order valence-corrected chi connectivity index (χ3v) is 2.64. The zero-order valence-electron chi connectivity index (χ0n) is 8.46. The van der Waals surface area contributed by atoms with Crippen molar-refractivity contribution in [3.05, 3.63) is 66.1 Å². The van der Waals surface area contributed by atoms with E-state index in [9.17, 15) is 0 Å². The Balaban J connectivity index is 2.19. The van der Waals surface area contributed by atoms with Crippen LogP contribution in [0.1, 0.15) is 11.3 Å². The molecule has 0 amide bonds. The number of azo groups is 1. The molecule has 1 aromatic carbocycles. The molecule has 1 radical (unpaired) electrons. The van der Waals surface area contributed by atoms with Gasteiger partial charge in [0.2, 0.25) is 0 Å². The Labute approximate surface area is 92.7 Å². The Bertz CT molecular complexity index is 513. The second-order valence-corrected chi connectivity index (χ2v) is 3.55. The van der Waals surface area contributed by atoms with Gasteiger partial charge in [-0.15, -0.1) is 0 Å². The number of hydrogen-bond donors (Lipinski definition) is 1. The molecule has 1 atom stereocenters. The molecule has 0 aliphatic carbocycles. The van der Waals surface area contributed by atoms with Gasteiger partial charge < -0.3 is 0 Å². The summed E-state index contributed by atoms with van der Waals surface area (Å²) in [5.74, 6) is 0. The molecule has 1 unspecified atom stereocenters. The summed E-state index contributed by atoms with van der Waals surface area (Å²) in [6.07, 6.45) is 5.42. The topological polar surface area (TPSA) is 53.4 Å². The molecule has 4 heteroatoms. The second-order valence-electron chi connectivity index (χ2n) is 3.55. The Hall–Kier alpha value is -2.23. The average molecular weight is 209 g/mol. The minimum absolute atomic E-state index is 0.586. The van der Waals surface area contributed by atoms with Crippen molar-refractivity contribution in [1.29, 1.82) is 0 Å². The molecule has 3 rings (SSSR count). The zero-order chi connectivity index (χ0) is 10.8.